The molecule has 2 atom stereocenters. The number of aliphatic carboxylic acids is 1. The SMILES string of the molecule is CC(CC(=O)NCC1CCCN(C)C1)C(=O)O. The number of piperidine rings is 1. The molecule has 0 aromatic carbocycles. The largest absolute Gasteiger partial charge is 0.481 e. The molecule has 1 amide bonds. The van der Waals surface area contributed by atoms with E-state index in [2.05, 4.69) is 17.3 Å². The predicted octanol–water partition coefficient (Wildman–Crippen LogP) is 0.555. The van der Waals surface area contributed by atoms with Crippen LogP contribution in [-0.2, 0) is 9.59 Å². The fourth-order valence-corrected chi connectivity index (χ4v) is 2.14. The molecule has 98 valence electrons. The number of rotatable bonds is 5. The molecular formula is C12H22N2O3. The maximum Gasteiger partial charge on any atom is 0.306 e. The van der Waals surface area contributed by atoms with Gasteiger partial charge in [0.2, 0.25) is 5.91 Å². The highest BCUT2D eigenvalue weighted by Gasteiger charge is 2.19. The third-order valence-corrected chi connectivity index (χ3v) is 3.22. The lowest BCUT2D eigenvalue weighted by molar-refractivity contribution is -0.143. The van der Waals surface area contributed by atoms with E-state index in [0.29, 0.717) is 12.5 Å². The maximum atomic E-state index is 11.5. The standard InChI is InChI=1S/C12H22N2O3/c1-9(12(16)17)6-11(15)13-7-10-4-3-5-14(2)8-10/h9-10H,3-8H2,1-2H3,(H,13,15)(H,16,17). The summed E-state index contributed by atoms with van der Waals surface area (Å²) in [5, 5.41) is 11.5. The van der Waals surface area contributed by atoms with Crippen molar-refractivity contribution in [2.75, 3.05) is 26.7 Å². The first kappa shape index (κ1) is 14.0. The van der Waals surface area contributed by atoms with Gasteiger partial charge >= 0.3 is 5.97 Å². The predicted molar refractivity (Wildman–Crippen MR) is 64.6 cm³/mol. The summed E-state index contributed by atoms with van der Waals surface area (Å²) < 4.78 is 0. The first-order chi connectivity index (χ1) is 7.99. The number of carbonyl (C=O) groups excluding carboxylic acids is 1. The summed E-state index contributed by atoms with van der Waals surface area (Å²) in [6.45, 7) is 4.35. The smallest absolute Gasteiger partial charge is 0.306 e. The molecule has 2 N–H and O–H groups in total. The zero-order valence-corrected chi connectivity index (χ0v) is 10.6. The second-order valence-electron chi connectivity index (χ2n) is 5.02. The topological polar surface area (TPSA) is 69.6 Å². The molecule has 0 bridgehead atoms. The van der Waals surface area contributed by atoms with Crippen LogP contribution >= 0.6 is 0 Å². The normalized spacial score (nSPS) is 23.1. The van der Waals surface area contributed by atoms with Crippen molar-refractivity contribution >= 4 is 11.9 Å². The average molecular weight is 242 g/mol. The number of carboxylic acids is 1. The van der Waals surface area contributed by atoms with Crippen LogP contribution in [0, 0.1) is 11.8 Å². The number of hydrogen-bond acceptors (Lipinski definition) is 3. The van der Waals surface area contributed by atoms with E-state index in [0.717, 1.165) is 19.5 Å². The lowest BCUT2D eigenvalue weighted by Crippen LogP contribution is -2.39. The Morgan fingerprint density at radius 1 is 1.53 bits per heavy atom. The Balaban J connectivity index is 2.21. The van der Waals surface area contributed by atoms with Crippen LogP contribution in [0.2, 0.25) is 0 Å². The molecule has 0 radical (unpaired) electrons. The molecule has 5 heteroatoms. The van der Waals surface area contributed by atoms with Crippen molar-refractivity contribution in [3.63, 3.8) is 0 Å². The van der Waals surface area contributed by atoms with Gasteiger partial charge in [-0.3, -0.25) is 9.59 Å². The van der Waals surface area contributed by atoms with Crippen LogP contribution in [-0.4, -0.2) is 48.6 Å². The Hall–Kier alpha value is -1.10. The summed E-state index contributed by atoms with van der Waals surface area (Å²) in [6, 6.07) is 0. The molecule has 1 fully saturated rings. The summed E-state index contributed by atoms with van der Waals surface area (Å²) in [6.07, 6.45) is 2.37. The van der Waals surface area contributed by atoms with Crippen molar-refractivity contribution in [3.05, 3.63) is 0 Å². The van der Waals surface area contributed by atoms with E-state index in [1.165, 1.54) is 6.42 Å². The zero-order valence-electron chi connectivity index (χ0n) is 10.6. The van der Waals surface area contributed by atoms with Crippen LogP contribution in [0.15, 0.2) is 0 Å². The van der Waals surface area contributed by atoms with Crippen molar-refractivity contribution in [3.8, 4) is 0 Å². The second-order valence-corrected chi connectivity index (χ2v) is 5.02. The molecule has 0 spiro atoms. The second kappa shape index (κ2) is 6.59. The summed E-state index contributed by atoms with van der Waals surface area (Å²) in [4.78, 5) is 24.4. The van der Waals surface area contributed by atoms with Crippen LogP contribution in [0.1, 0.15) is 26.2 Å². The molecule has 1 aliphatic heterocycles. The highest BCUT2D eigenvalue weighted by molar-refractivity contribution is 5.81. The molecule has 1 saturated heterocycles. The number of amides is 1. The minimum Gasteiger partial charge on any atom is -0.481 e. The van der Waals surface area contributed by atoms with Crippen LogP contribution in [0.4, 0.5) is 0 Å². The quantitative estimate of drug-likeness (QED) is 0.739. The molecule has 5 nitrogen and oxygen atoms in total. The summed E-state index contributed by atoms with van der Waals surface area (Å²) in [7, 11) is 2.08. The third kappa shape index (κ3) is 5.17. The highest BCUT2D eigenvalue weighted by atomic mass is 16.4. The number of carboxylic acid groups (broad SMARTS) is 1. The Kier molecular flexibility index (Phi) is 5.41. The molecule has 17 heavy (non-hydrogen) atoms. The van der Waals surface area contributed by atoms with Gasteiger partial charge in [-0.15, -0.1) is 0 Å². The molecular weight excluding hydrogens is 220 g/mol. The van der Waals surface area contributed by atoms with Crippen molar-refractivity contribution in [1.82, 2.24) is 10.2 Å². The number of carbonyl (C=O) groups is 2. The van der Waals surface area contributed by atoms with Gasteiger partial charge in [-0.2, -0.15) is 0 Å². The van der Waals surface area contributed by atoms with Crippen LogP contribution in [0.25, 0.3) is 0 Å². The summed E-state index contributed by atoms with van der Waals surface area (Å²) in [5.41, 5.74) is 0. The van der Waals surface area contributed by atoms with E-state index in [1.807, 2.05) is 0 Å². The zero-order chi connectivity index (χ0) is 12.8. The Morgan fingerprint density at radius 3 is 2.82 bits per heavy atom. The Morgan fingerprint density at radius 2 is 2.24 bits per heavy atom. The number of hydrogen-bond donors (Lipinski definition) is 2. The average Bonchev–Trinajstić information content (AvgIpc) is 2.26. The minimum absolute atomic E-state index is 0.0674. The van der Waals surface area contributed by atoms with Gasteiger partial charge in [-0.05, 0) is 32.4 Å². The first-order valence-corrected chi connectivity index (χ1v) is 6.17. The van der Waals surface area contributed by atoms with Gasteiger partial charge in [0, 0.05) is 19.5 Å². The molecule has 1 rings (SSSR count). The Bertz CT molecular complexity index is 281. The van der Waals surface area contributed by atoms with Gasteiger partial charge in [0.1, 0.15) is 0 Å². The summed E-state index contributed by atoms with van der Waals surface area (Å²) in [5.74, 6) is -1.19. The maximum absolute atomic E-state index is 11.5. The van der Waals surface area contributed by atoms with Crippen LogP contribution < -0.4 is 5.32 Å². The van der Waals surface area contributed by atoms with E-state index in [-0.39, 0.29) is 12.3 Å². The number of nitrogens with one attached hydrogen (secondary N) is 1. The van der Waals surface area contributed by atoms with Gasteiger partial charge in [-0.25, -0.2) is 0 Å². The number of nitrogens with zero attached hydrogens (tertiary/aromatic N) is 1. The fraction of sp³-hybridized carbons (Fsp3) is 0.833. The lowest BCUT2D eigenvalue weighted by Gasteiger charge is -2.29. The summed E-state index contributed by atoms with van der Waals surface area (Å²) >= 11 is 0. The molecule has 1 aliphatic rings. The van der Waals surface area contributed by atoms with E-state index >= 15 is 0 Å². The van der Waals surface area contributed by atoms with Gasteiger partial charge < -0.3 is 15.3 Å². The van der Waals surface area contributed by atoms with Crippen molar-refractivity contribution < 1.29 is 14.7 Å². The fourth-order valence-electron chi connectivity index (χ4n) is 2.14. The monoisotopic (exact) mass is 242 g/mol. The Labute approximate surface area is 102 Å². The lowest BCUT2D eigenvalue weighted by atomic mass is 9.98. The molecule has 2 unspecified atom stereocenters. The van der Waals surface area contributed by atoms with E-state index in [1.54, 1.807) is 6.92 Å². The highest BCUT2D eigenvalue weighted by Crippen LogP contribution is 2.14. The molecule has 0 aromatic heterocycles. The van der Waals surface area contributed by atoms with E-state index in [4.69, 9.17) is 5.11 Å². The van der Waals surface area contributed by atoms with Crippen molar-refractivity contribution in [2.45, 2.75) is 26.2 Å². The molecule has 0 aliphatic carbocycles. The van der Waals surface area contributed by atoms with Crippen LogP contribution in [0.3, 0.4) is 0 Å². The number of likely N-dealkylation sites (tertiary alicyclic amines) is 1. The molecule has 0 saturated carbocycles. The van der Waals surface area contributed by atoms with E-state index < -0.39 is 11.9 Å². The van der Waals surface area contributed by atoms with Crippen molar-refractivity contribution in [1.29, 1.82) is 0 Å². The van der Waals surface area contributed by atoms with Gasteiger partial charge in [-0.1, -0.05) is 6.92 Å². The van der Waals surface area contributed by atoms with Crippen LogP contribution in [0.5, 0.6) is 0 Å². The van der Waals surface area contributed by atoms with E-state index in [9.17, 15) is 9.59 Å². The van der Waals surface area contributed by atoms with Crippen molar-refractivity contribution in [2.24, 2.45) is 11.8 Å². The minimum atomic E-state index is -0.919. The molecule has 0 aromatic rings. The first-order valence-electron chi connectivity index (χ1n) is 6.17. The van der Waals surface area contributed by atoms with Gasteiger partial charge in [0.05, 0.1) is 5.92 Å². The van der Waals surface area contributed by atoms with Gasteiger partial charge in [0.25, 0.3) is 0 Å². The van der Waals surface area contributed by atoms with Gasteiger partial charge in [0.15, 0.2) is 0 Å². The molecule has 1 heterocycles. The third-order valence-electron chi connectivity index (χ3n) is 3.22.